The minimum Gasteiger partial charge on any atom is -0.312 e. The Morgan fingerprint density at radius 2 is 1.95 bits per heavy atom. The third-order valence-corrected chi connectivity index (χ3v) is 3.70. The lowest BCUT2D eigenvalue weighted by molar-refractivity contribution is 0.645. The van der Waals surface area contributed by atoms with Crippen molar-refractivity contribution in [2.75, 3.05) is 6.54 Å². The molecule has 1 aliphatic heterocycles. The average molecular weight is 287 g/mol. The molecule has 4 rings (SSSR count). The summed E-state index contributed by atoms with van der Waals surface area (Å²) in [5.41, 5.74) is 5.72. The lowest BCUT2D eigenvalue weighted by Gasteiger charge is -2.17. The molecule has 20 heavy (non-hydrogen) atoms. The van der Waals surface area contributed by atoms with Gasteiger partial charge >= 0.3 is 0 Å². The van der Waals surface area contributed by atoms with Gasteiger partial charge in [0, 0.05) is 18.3 Å². The van der Waals surface area contributed by atoms with Gasteiger partial charge in [-0.05, 0) is 24.1 Å². The molecule has 0 aliphatic carbocycles. The van der Waals surface area contributed by atoms with Gasteiger partial charge in [0.2, 0.25) is 0 Å². The van der Waals surface area contributed by atoms with E-state index >= 15 is 0 Å². The minimum atomic E-state index is 0. The van der Waals surface area contributed by atoms with Gasteiger partial charge in [0.25, 0.3) is 0 Å². The highest BCUT2D eigenvalue weighted by Crippen LogP contribution is 2.30. The molecule has 3 aromatic rings. The molecule has 3 heterocycles. The van der Waals surface area contributed by atoms with Gasteiger partial charge in [-0.25, -0.2) is 4.98 Å². The van der Waals surface area contributed by atoms with Crippen molar-refractivity contribution in [3.63, 3.8) is 0 Å². The van der Waals surface area contributed by atoms with Crippen LogP contribution in [-0.4, -0.2) is 21.7 Å². The van der Waals surface area contributed by atoms with E-state index in [1.54, 1.807) is 0 Å². The Hall–Kier alpha value is -1.91. The van der Waals surface area contributed by atoms with Crippen molar-refractivity contribution in [2.24, 2.45) is 0 Å². The van der Waals surface area contributed by atoms with Gasteiger partial charge in [-0.15, -0.1) is 12.4 Å². The van der Waals surface area contributed by atoms with Crippen LogP contribution in [0, 0.1) is 0 Å². The largest absolute Gasteiger partial charge is 0.312 e. The van der Waals surface area contributed by atoms with Gasteiger partial charge in [0.1, 0.15) is 5.69 Å². The van der Waals surface area contributed by atoms with Crippen molar-refractivity contribution in [1.29, 1.82) is 0 Å². The molecule has 102 valence electrons. The van der Waals surface area contributed by atoms with Crippen LogP contribution in [-0.2, 0) is 13.0 Å². The predicted molar refractivity (Wildman–Crippen MR) is 82.0 cm³/mol. The number of nitrogens with zero attached hydrogens (tertiary/aromatic N) is 2. The summed E-state index contributed by atoms with van der Waals surface area (Å²) in [5, 5.41) is 12.1. The van der Waals surface area contributed by atoms with Gasteiger partial charge < -0.3 is 5.32 Å². The molecule has 0 spiro atoms. The Kier molecular flexibility index (Phi) is 3.42. The van der Waals surface area contributed by atoms with Crippen LogP contribution in [0.1, 0.15) is 11.1 Å². The van der Waals surface area contributed by atoms with E-state index in [4.69, 9.17) is 0 Å². The zero-order valence-electron chi connectivity index (χ0n) is 10.9. The second-order valence-corrected chi connectivity index (χ2v) is 4.85. The monoisotopic (exact) mass is 286 g/mol. The third-order valence-electron chi connectivity index (χ3n) is 3.70. The number of aromatic amines is 1. The molecule has 0 saturated carbocycles. The van der Waals surface area contributed by atoms with Crippen molar-refractivity contribution < 1.29 is 0 Å². The predicted octanol–water partition coefficient (Wildman–Crippen LogP) is 2.69. The van der Waals surface area contributed by atoms with E-state index in [1.807, 2.05) is 24.4 Å². The molecule has 5 heteroatoms. The Morgan fingerprint density at radius 1 is 1.10 bits per heavy atom. The van der Waals surface area contributed by atoms with E-state index in [1.165, 1.54) is 16.5 Å². The fourth-order valence-electron chi connectivity index (χ4n) is 2.77. The van der Waals surface area contributed by atoms with Crippen molar-refractivity contribution in [1.82, 2.24) is 20.5 Å². The number of H-pyrrole nitrogens is 1. The fourth-order valence-corrected chi connectivity index (χ4v) is 2.77. The summed E-state index contributed by atoms with van der Waals surface area (Å²) in [6, 6.07) is 10.3. The highest BCUT2D eigenvalue weighted by Gasteiger charge is 2.18. The van der Waals surface area contributed by atoms with Crippen LogP contribution in [0.5, 0.6) is 0 Å². The first kappa shape index (κ1) is 13.1. The summed E-state index contributed by atoms with van der Waals surface area (Å²) >= 11 is 0. The van der Waals surface area contributed by atoms with Crippen LogP contribution in [0.25, 0.3) is 22.3 Å². The molecular weight excluding hydrogens is 272 g/mol. The number of hydrogen-bond donors (Lipinski definition) is 2. The Morgan fingerprint density at radius 3 is 2.80 bits per heavy atom. The van der Waals surface area contributed by atoms with Gasteiger partial charge in [0.15, 0.2) is 5.65 Å². The summed E-state index contributed by atoms with van der Waals surface area (Å²) in [6.45, 7) is 1.92. The van der Waals surface area contributed by atoms with E-state index in [9.17, 15) is 0 Å². The summed E-state index contributed by atoms with van der Waals surface area (Å²) in [6.07, 6.45) is 2.99. The molecule has 0 saturated heterocycles. The lowest BCUT2D eigenvalue weighted by atomic mass is 9.97. The van der Waals surface area contributed by atoms with Crippen LogP contribution in [0.15, 0.2) is 36.5 Å². The topological polar surface area (TPSA) is 53.6 Å². The first-order chi connectivity index (χ1) is 9.43. The van der Waals surface area contributed by atoms with E-state index in [0.29, 0.717) is 0 Å². The van der Waals surface area contributed by atoms with E-state index < -0.39 is 0 Å². The van der Waals surface area contributed by atoms with E-state index in [2.05, 4.69) is 32.6 Å². The van der Waals surface area contributed by atoms with Crippen LogP contribution >= 0.6 is 12.4 Å². The number of aromatic nitrogens is 3. The molecule has 1 aromatic carbocycles. The van der Waals surface area contributed by atoms with Crippen molar-refractivity contribution >= 4 is 23.4 Å². The average Bonchev–Trinajstić information content (AvgIpc) is 2.92. The Balaban J connectivity index is 0.00000121. The van der Waals surface area contributed by atoms with E-state index in [0.717, 1.165) is 36.4 Å². The molecule has 0 unspecified atom stereocenters. The van der Waals surface area contributed by atoms with Crippen LogP contribution in [0.2, 0.25) is 0 Å². The number of pyridine rings is 1. The fraction of sp³-hybridized carbons (Fsp3) is 0.200. The normalized spacial score (nSPS) is 13.8. The second-order valence-electron chi connectivity index (χ2n) is 4.85. The van der Waals surface area contributed by atoms with Crippen LogP contribution in [0.3, 0.4) is 0 Å². The molecule has 1 aliphatic rings. The second kappa shape index (κ2) is 5.23. The molecule has 0 atom stereocenters. The number of hydrogen-bond acceptors (Lipinski definition) is 3. The van der Waals surface area contributed by atoms with Gasteiger partial charge in [0.05, 0.1) is 5.39 Å². The zero-order chi connectivity index (χ0) is 12.7. The van der Waals surface area contributed by atoms with E-state index in [-0.39, 0.29) is 12.4 Å². The van der Waals surface area contributed by atoms with Crippen molar-refractivity contribution in [3.8, 4) is 11.3 Å². The maximum atomic E-state index is 4.48. The molecule has 0 amide bonds. The highest BCUT2D eigenvalue weighted by molar-refractivity contribution is 5.94. The smallest absolute Gasteiger partial charge is 0.156 e. The quantitative estimate of drug-likeness (QED) is 0.723. The standard InChI is InChI=1S/C15H14N4.ClH/c1-2-4-10(5-3-1)14-13-12-6-7-16-8-11(12)9-17-15(13)19-18-14;/h1-5,9,16H,6-8H2,(H,17,18,19);1H. The molecule has 2 aromatic heterocycles. The number of fused-ring (bicyclic) bond motifs is 3. The molecule has 0 bridgehead atoms. The van der Waals surface area contributed by atoms with Gasteiger partial charge in [-0.3, -0.25) is 5.10 Å². The third kappa shape index (κ3) is 1.97. The number of rotatable bonds is 1. The summed E-state index contributed by atoms with van der Waals surface area (Å²) in [7, 11) is 0. The lowest BCUT2D eigenvalue weighted by Crippen LogP contribution is -2.23. The molecule has 0 fully saturated rings. The maximum absolute atomic E-state index is 4.48. The Bertz CT molecular complexity index is 736. The minimum absolute atomic E-state index is 0. The summed E-state index contributed by atoms with van der Waals surface area (Å²) in [4.78, 5) is 4.48. The van der Waals surface area contributed by atoms with Crippen LogP contribution < -0.4 is 5.32 Å². The summed E-state index contributed by atoms with van der Waals surface area (Å²) < 4.78 is 0. The van der Waals surface area contributed by atoms with Gasteiger partial charge in [-0.2, -0.15) is 5.10 Å². The molecule has 2 N–H and O–H groups in total. The first-order valence-electron chi connectivity index (χ1n) is 6.54. The SMILES string of the molecule is Cl.c1ccc(-c2n[nH]c3ncc4c(c23)CCNC4)cc1. The number of nitrogens with one attached hydrogen (secondary N) is 2. The highest BCUT2D eigenvalue weighted by atomic mass is 35.5. The first-order valence-corrected chi connectivity index (χ1v) is 6.54. The summed E-state index contributed by atoms with van der Waals surface area (Å²) in [5.74, 6) is 0. The molecule has 4 nitrogen and oxygen atoms in total. The number of halogens is 1. The molecule has 0 radical (unpaired) electrons. The molecular formula is C15H15ClN4. The van der Waals surface area contributed by atoms with Crippen molar-refractivity contribution in [2.45, 2.75) is 13.0 Å². The van der Waals surface area contributed by atoms with Crippen LogP contribution in [0.4, 0.5) is 0 Å². The van der Waals surface area contributed by atoms with Crippen molar-refractivity contribution in [3.05, 3.63) is 47.7 Å². The number of benzene rings is 1. The zero-order valence-corrected chi connectivity index (χ0v) is 11.7. The Labute approximate surface area is 123 Å². The van der Waals surface area contributed by atoms with Gasteiger partial charge in [-0.1, -0.05) is 30.3 Å². The maximum Gasteiger partial charge on any atom is 0.156 e.